The summed E-state index contributed by atoms with van der Waals surface area (Å²) < 4.78 is 19.9. The quantitative estimate of drug-likeness (QED) is 0.349. The third-order valence-electron chi connectivity index (χ3n) is 3.12. The fourth-order valence-electron chi connectivity index (χ4n) is 2.21. The third kappa shape index (κ3) is 6.30. The van der Waals surface area contributed by atoms with Crippen molar-refractivity contribution in [3.05, 3.63) is 83.7 Å². The molecule has 0 unspecified atom stereocenters. The Labute approximate surface area is 174 Å². The van der Waals surface area contributed by atoms with Crippen LogP contribution in [0.5, 0.6) is 0 Å². The molecule has 0 saturated carbocycles. The van der Waals surface area contributed by atoms with Crippen LogP contribution in [0.2, 0.25) is 0 Å². The van der Waals surface area contributed by atoms with Crippen LogP contribution in [0.4, 0.5) is 0 Å². The van der Waals surface area contributed by atoms with E-state index in [9.17, 15) is 19.2 Å². The summed E-state index contributed by atoms with van der Waals surface area (Å²) in [6, 6.07) is 2.24. The van der Waals surface area contributed by atoms with E-state index >= 15 is 0 Å². The Kier molecular flexibility index (Phi) is 8.04. The molecule has 8 heteroatoms. The van der Waals surface area contributed by atoms with Crippen molar-refractivity contribution in [2.45, 2.75) is 27.7 Å². The summed E-state index contributed by atoms with van der Waals surface area (Å²) in [5, 5.41) is 0. The summed E-state index contributed by atoms with van der Waals surface area (Å²) in [5.74, 6) is -4.22. The predicted molar refractivity (Wildman–Crippen MR) is 107 cm³/mol. The second-order valence-electron chi connectivity index (χ2n) is 6.28. The van der Waals surface area contributed by atoms with Gasteiger partial charge in [-0.1, -0.05) is 26.3 Å². The molecule has 0 atom stereocenters. The number of benzene rings is 1. The predicted octanol–water partition coefficient (Wildman–Crippen LogP) is 4.45. The summed E-state index contributed by atoms with van der Waals surface area (Å²) in [6.45, 7) is 19.4. The minimum absolute atomic E-state index is 0.0200. The molecular weight excluding hydrogens is 392 g/mol. The minimum Gasteiger partial charge on any atom is -0.428 e. The highest BCUT2D eigenvalue weighted by atomic mass is 16.6. The third-order valence-corrected chi connectivity index (χ3v) is 3.12. The summed E-state index contributed by atoms with van der Waals surface area (Å²) >= 11 is 0. The van der Waals surface area contributed by atoms with E-state index in [1.807, 2.05) is 0 Å². The molecule has 0 N–H and O–H groups in total. The highest BCUT2D eigenvalue weighted by Crippen LogP contribution is 2.26. The van der Waals surface area contributed by atoms with Crippen molar-refractivity contribution >= 4 is 23.9 Å². The van der Waals surface area contributed by atoms with Crippen molar-refractivity contribution < 1.29 is 38.1 Å². The lowest BCUT2D eigenvalue weighted by molar-refractivity contribution is 0.0548. The molecule has 0 aliphatic rings. The van der Waals surface area contributed by atoms with Gasteiger partial charge < -0.3 is 18.9 Å². The zero-order valence-corrected chi connectivity index (χ0v) is 17.2. The van der Waals surface area contributed by atoms with Crippen molar-refractivity contribution in [3.63, 3.8) is 0 Å². The first kappa shape index (κ1) is 24.1. The normalized spacial score (nSPS) is 9.73. The number of rotatable bonds is 8. The number of allylic oxidation sites excluding steroid dienone is 4. The molecule has 0 bridgehead atoms. The van der Waals surface area contributed by atoms with Crippen LogP contribution in [0.15, 0.2) is 61.5 Å². The summed E-state index contributed by atoms with van der Waals surface area (Å²) in [6.07, 6.45) is 0. The fourth-order valence-corrected chi connectivity index (χ4v) is 2.21. The first-order valence-electron chi connectivity index (χ1n) is 8.52. The molecule has 0 aromatic heterocycles. The fraction of sp³-hybridized carbons (Fsp3) is 0.182. The molecule has 8 nitrogen and oxygen atoms in total. The lowest BCUT2D eigenvalue weighted by atomic mass is 9.95. The van der Waals surface area contributed by atoms with Gasteiger partial charge in [0, 0.05) is 0 Å². The molecule has 158 valence electrons. The highest BCUT2D eigenvalue weighted by Gasteiger charge is 2.33. The number of esters is 4. The number of hydrogen-bond donors (Lipinski definition) is 0. The van der Waals surface area contributed by atoms with E-state index in [1.165, 1.54) is 27.7 Å². The van der Waals surface area contributed by atoms with Gasteiger partial charge in [-0.2, -0.15) is 0 Å². The van der Waals surface area contributed by atoms with E-state index in [0.717, 1.165) is 12.1 Å². The molecule has 1 aromatic rings. The van der Waals surface area contributed by atoms with Gasteiger partial charge in [0.05, 0.1) is 45.3 Å². The zero-order chi connectivity index (χ0) is 23.2. The van der Waals surface area contributed by atoms with Gasteiger partial charge in [-0.3, -0.25) is 0 Å². The maximum absolute atomic E-state index is 12.8. The molecule has 30 heavy (non-hydrogen) atoms. The minimum atomic E-state index is -1.13. The van der Waals surface area contributed by atoms with E-state index in [0.29, 0.717) is 0 Å². The van der Waals surface area contributed by atoms with Crippen LogP contribution in [0, 0.1) is 0 Å². The first-order chi connectivity index (χ1) is 13.8. The molecular formula is C22H22O8. The summed E-state index contributed by atoms with van der Waals surface area (Å²) in [5.41, 5.74) is -1.84. The number of carbonyl (C=O) groups excluding carboxylic acids is 4. The monoisotopic (exact) mass is 414 g/mol. The second-order valence-corrected chi connectivity index (χ2v) is 6.28. The molecule has 0 radical (unpaired) electrons. The molecule has 0 amide bonds. The number of ether oxygens (including phenoxy) is 4. The van der Waals surface area contributed by atoms with Crippen LogP contribution in [-0.2, 0) is 18.9 Å². The van der Waals surface area contributed by atoms with Gasteiger partial charge in [-0.15, -0.1) is 0 Å². The van der Waals surface area contributed by atoms with Crippen LogP contribution < -0.4 is 0 Å². The average molecular weight is 414 g/mol. The van der Waals surface area contributed by atoms with Crippen LogP contribution in [0.1, 0.15) is 69.1 Å². The van der Waals surface area contributed by atoms with Crippen molar-refractivity contribution in [2.75, 3.05) is 0 Å². The largest absolute Gasteiger partial charge is 0.428 e. The SMILES string of the molecule is C=C(C)OC(=O)c1ccc(C(=O)OC(=C)C)c(C(=O)OC(=C)C)c1C(=O)OC(=C)C. The Bertz CT molecular complexity index is 902. The smallest absolute Gasteiger partial charge is 0.344 e. The Hall–Kier alpha value is -3.94. The van der Waals surface area contributed by atoms with Crippen LogP contribution >= 0.6 is 0 Å². The van der Waals surface area contributed by atoms with E-state index in [4.69, 9.17) is 18.9 Å². The topological polar surface area (TPSA) is 105 Å². The number of carbonyl (C=O) groups is 4. The van der Waals surface area contributed by atoms with Crippen LogP contribution in [0.25, 0.3) is 0 Å². The molecule has 0 aliphatic heterocycles. The lowest BCUT2D eigenvalue weighted by Crippen LogP contribution is -2.23. The molecule has 0 spiro atoms. The lowest BCUT2D eigenvalue weighted by Gasteiger charge is -2.16. The number of hydrogen-bond acceptors (Lipinski definition) is 8. The van der Waals surface area contributed by atoms with Crippen LogP contribution in [-0.4, -0.2) is 23.9 Å². The zero-order valence-electron chi connectivity index (χ0n) is 17.2. The first-order valence-corrected chi connectivity index (χ1v) is 8.52. The van der Waals surface area contributed by atoms with Gasteiger partial charge >= 0.3 is 23.9 Å². The van der Waals surface area contributed by atoms with E-state index in [-0.39, 0.29) is 34.2 Å². The van der Waals surface area contributed by atoms with Crippen molar-refractivity contribution in [1.29, 1.82) is 0 Å². The highest BCUT2D eigenvalue weighted by molar-refractivity contribution is 6.15. The van der Waals surface area contributed by atoms with Gasteiger partial charge in [0.2, 0.25) is 0 Å². The molecule has 0 fully saturated rings. The van der Waals surface area contributed by atoms with Gasteiger partial charge in [-0.05, 0) is 39.8 Å². The Balaban J connectivity index is 3.89. The van der Waals surface area contributed by atoms with Gasteiger partial charge in [0.25, 0.3) is 0 Å². The van der Waals surface area contributed by atoms with E-state index < -0.39 is 35.0 Å². The molecule has 0 saturated heterocycles. The van der Waals surface area contributed by atoms with Crippen molar-refractivity contribution in [2.24, 2.45) is 0 Å². The van der Waals surface area contributed by atoms with Crippen molar-refractivity contribution in [1.82, 2.24) is 0 Å². The summed E-state index contributed by atoms with van der Waals surface area (Å²) in [7, 11) is 0. The maximum Gasteiger partial charge on any atom is 0.344 e. The molecule has 1 rings (SSSR count). The second kappa shape index (κ2) is 10.0. The van der Waals surface area contributed by atoms with Crippen molar-refractivity contribution in [3.8, 4) is 0 Å². The Morgan fingerprint density at radius 2 is 0.767 bits per heavy atom. The van der Waals surface area contributed by atoms with Gasteiger partial charge in [0.15, 0.2) is 0 Å². The molecule has 0 aliphatic carbocycles. The average Bonchev–Trinajstić information content (AvgIpc) is 2.57. The van der Waals surface area contributed by atoms with Gasteiger partial charge in [-0.25, -0.2) is 19.2 Å². The Morgan fingerprint density at radius 3 is 1.00 bits per heavy atom. The maximum atomic E-state index is 12.8. The van der Waals surface area contributed by atoms with E-state index in [1.54, 1.807) is 0 Å². The Morgan fingerprint density at radius 1 is 0.533 bits per heavy atom. The summed E-state index contributed by atoms with van der Waals surface area (Å²) in [4.78, 5) is 50.5. The van der Waals surface area contributed by atoms with Crippen LogP contribution in [0.3, 0.4) is 0 Å². The molecule has 1 aromatic carbocycles. The molecule has 0 heterocycles. The standard InChI is InChI=1S/C22H22O8/c1-11(2)27-19(23)15-9-10-16(20(24)28-12(3)4)18(22(26)30-14(7)8)17(15)21(25)29-13(5)6/h9-10H,1,3,5,7H2,2,4,6,8H3. The van der Waals surface area contributed by atoms with Gasteiger partial charge in [0.1, 0.15) is 0 Å². The van der Waals surface area contributed by atoms with E-state index in [2.05, 4.69) is 26.3 Å².